The highest BCUT2D eigenvalue weighted by Crippen LogP contribution is 2.31. The lowest BCUT2D eigenvalue weighted by atomic mass is 10.2. The summed E-state index contributed by atoms with van der Waals surface area (Å²) in [6.45, 7) is 2.74. The van der Waals surface area contributed by atoms with Gasteiger partial charge in [-0.15, -0.1) is 0 Å². The van der Waals surface area contributed by atoms with Crippen LogP contribution in [0.1, 0.15) is 12.0 Å². The molecule has 1 aliphatic rings. The fourth-order valence-corrected chi connectivity index (χ4v) is 3.99. The van der Waals surface area contributed by atoms with Crippen molar-refractivity contribution in [3.63, 3.8) is 0 Å². The lowest BCUT2D eigenvalue weighted by Crippen LogP contribution is -2.35. The summed E-state index contributed by atoms with van der Waals surface area (Å²) in [6, 6.07) is 17.0. The van der Waals surface area contributed by atoms with Crippen LogP contribution in [0.5, 0.6) is 0 Å². The maximum atomic E-state index is 12.9. The number of ether oxygens (including phenoxy) is 1. The van der Waals surface area contributed by atoms with Crippen molar-refractivity contribution in [3.05, 3.63) is 60.2 Å². The van der Waals surface area contributed by atoms with Crippen LogP contribution in [0.25, 0.3) is 0 Å². The zero-order valence-corrected chi connectivity index (χ0v) is 16.7. The van der Waals surface area contributed by atoms with Crippen LogP contribution in [0.2, 0.25) is 0 Å². The summed E-state index contributed by atoms with van der Waals surface area (Å²) < 4.78 is 5.12. The molecule has 146 valence electrons. The number of para-hydroxylation sites is 2. The molecule has 2 aromatic carbocycles. The number of hydrogen-bond donors (Lipinski definition) is 1. The Morgan fingerprint density at radius 3 is 2.61 bits per heavy atom. The van der Waals surface area contributed by atoms with Crippen molar-refractivity contribution in [1.29, 1.82) is 0 Å². The van der Waals surface area contributed by atoms with Crippen LogP contribution in [-0.4, -0.2) is 47.4 Å². The van der Waals surface area contributed by atoms with Crippen molar-refractivity contribution in [2.24, 2.45) is 4.99 Å². The Morgan fingerprint density at radius 1 is 1.18 bits per heavy atom. The molecule has 0 aliphatic carbocycles. The van der Waals surface area contributed by atoms with E-state index in [0.717, 1.165) is 16.9 Å². The molecule has 1 atom stereocenters. The van der Waals surface area contributed by atoms with E-state index in [1.807, 2.05) is 61.5 Å². The number of carbonyl (C=O) groups is 2. The van der Waals surface area contributed by atoms with Gasteiger partial charge in [-0.05, 0) is 30.7 Å². The van der Waals surface area contributed by atoms with E-state index in [1.165, 1.54) is 11.8 Å². The summed E-state index contributed by atoms with van der Waals surface area (Å²) in [5.41, 5.74) is 2.51. The minimum absolute atomic E-state index is 0.0924. The summed E-state index contributed by atoms with van der Waals surface area (Å²) in [4.78, 5) is 31.5. The van der Waals surface area contributed by atoms with E-state index in [2.05, 4.69) is 10.3 Å². The van der Waals surface area contributed by atoms with Gasteiger partial charge in [-0.1, -0.05) is 48.2 Å². The van der Waals surface area contributed by atoms with E-state index in [1.54, 1.807) is 12.0 Å². The van der Waals surface area contributed by atoms with E-state index in [9.17, 15) is 9.59 Å². The predicted molar refractivity (Wildman–Crippen MR) is 113 cm³/mol. The van der Waals surface area contributed by atoms with Crippen molar-refractivity contribution in [3.8, 4) is 0 Å². The van der Waals surface area contributed by atoms with Gasteiger partial charge in [-0.2, -0.15) is 0 Å². The van der Waals surface area contributed by atoms with Crippen LogP contribution in [0.15, 0.2) is 59.6 Å². The third-order valence-corrected chi connectivity index (χ3v) is 5.49. The Balaban J connectivity index is 1.73. The second-order valence-electron chi connectivity index (χ2n) is 6.39. The predicted octanol–water partition coefficient (Wildman–Crippen LogP) is 3.60. The zero-order chi connectivity index (χ0) is 19.9. The minimum Gasteiger partial charge on any atom is -0.383 e. The van der Waals surface area contributed by atoms with Crippen molar-refractivity contribution in [2.45, 2.75) is 18.6 Å². The molecule has 1 N–H and O–H groups in total. The molecule has 0 unspecified atom stereocenters. The van der Waals surface area contributed by atoms with E-state index < -0.39 is 5.25 Å². The molecule has 1 saturated heterocycles. The first kappa shape index (κ1) is 20.1. The molecule has 0 radical (unpaired) electrons. The van der Waals surface area contributed by atoms with Crippen molar-refractivity contribution in [2.75, 3.05) is 25.6 Å². The summed E-state index contributed by atoms with van der Waals surface area (Å²) in [6.07, 6.45) is 0.0924. The third kappa shape index (κ3) is 4.99. The maximum absolute atomic E-state index is 12.9. The molecule has 1 heterocycles. The number of nitrogens with one attached hydrogen (secondary N) is 1. The fourth-order valence-electron chi connectivity index (χ4n) is 2.81. The third-order valence-electron chi connectivity index (χ3n) is 4.31. The molecule has 1 fully saturated rings. The van der Waals surface area contributed by atoms with Crippen LogP contribution < -0.4 is 5.32 Å². The SMILES string of the molecule is COCCN1C(=O)[C@H](CC(=O)Nc2ccccc2C)SC1=Nc1ccccc1. The minimum atomic E-state index is -0.497. The van der Waals surface area contributed by atoms with Crippen LogP contribution in [0, 0.1) is 6.92 Å². The number of benzene rings is 2. The smallest absolute Gasteiger partial charge is 0.242 e. The number of thioether (sulfide) groups is 1. The van der Waals surface area contributed by atoms with Gasteiger partial charge in [0.25, 0.3) is 0 Å². The number of amides is 2. The highest BCUT2D eigenvalue weighted by molar-refractivity contribution is 8.15. The molecule has 2 amide bonds. The lowest BCUT2D eigenvalue weighted by molar-refractivity contribution is -0.128. The lowest BCUT2D eigenvalue weighted by Gasteiger charge is -2.15. The van der Waals surface area contributed by atoms with Crippen LogP contribution in [-0.2, 0) is 14.3 Å². The molecule has 0 bridgehead atoms. The number of anilines is 1. The van der Waals surface area contributed by atoms with E-state index in [-0.39, 0.29) is 18.2 Å². The van der Waals surface area contributed by atoms with Gasteiger partial charge in [0.1, 0.15) is 5.25 Å². The highest BCUT2D eigenvalue weighted by atomic mass is 32.2. The summed E-state index contributed by atoms with van der Waals surface area (Å²) >= 11 is 1.33. The molecule has 0 spiro atoms. The number of rotatable bonds is 7. The number of carbonyl (C=O) groups excluding carboxylic acids is 2. The van der Waals surface area contributed by atoms with Crippen LogP contribution in [0.3, 0.4) is 0 Å². The molecule has 1 aliphatic heterocycles. The second kappa shape index (κ2) is 9.52. The van der Waals surface area contributed by atoms with Gasteiger partial charge < -0.3 is 10.1 Å². The first-order valence-electron chi connectivity index (χ1n) is 9.04. The highest BCUT2D eigenvalue weighted by Gasteiger charge is 2.39. The summed E-state index contributed by atoms with van der Waals surface area (Å²) in [5, 5.41) is 2.99. The Labute approximate surface area is 169 Å². The molecule has 0 saturated carbocycles. The topological polar surface area (TPSA) is 71.0 Å². The molecule has 0 aromatic heterocycles. The summed E-state index contributed by atoms with van der Waals surface area (Å²) in [5.74, 6) is -0.301. The fraction of sp³-hybridized carbons (Fsp3) is 0.286. The average molecular weight is 398 g/mol. The van der Waals surface area contributed by atoms with Crippen molar-refractivity contribution < 1.29 is 14.3 Å². The molecular weight excluding hydrogens is 374 g/mol. The van der Waals surface area contributed by atoms with Gasteiger partial charge in [0.2, 0.25) is 11.8 Å². The number of aryl methyl sites for hydroxylation is 1. The molecule has 6 nitrogen and oxygen atoms in total. The van der Waals surface area contributed by atoms with Gasteiger partial charge in [0.15, 0.2) is 5.17 Å². The average Bonchev–Trinajstić information content (AvgIpc) is 2.97. The van der Waals surface area contributed by atoms with E-state index >= 15 is 0 Å². The molecule has 3 rings (SSSR count). The molecule has 28 heavy (non-hydrogen) atoms. The maximum Gasteiger partial charge on any atom is 0.242 e. The summed E-state index contributed by atoms with van der Waals surface area (Å²) in [7, 11) is 1.59. The quantitative estimate of drug-likeness (QED) is 0.775. The van der Waals surface area contributed by atoms with Gasteiger partial charge in [0.05, 0.1) is 18.8 Å². The standard InChI is InChI=1S/C21H23N3O3S/c1-15-8-6-7-11-17(15)23-19(25)14-18-20(26)24(12-13-27-2)21(28-18)22-16-9-4-3-5-10-16/h3-11,18H,12-14H2,1-2H3,(H,23,25)/t18-/m0/s1. The normalized spacial score (nSPS) is 17.9. The molecular formula is C21H23N3O3S. The number of hydrogen-bond acceptors (Lipinski definition) is 5. The van der Waals surface area contributed by atoms with E-state index in [0.29, 0.717) is 18.3 Å². The van der Waals surface area contributed by atoms with Gasteiger partial charge in [-0.25, -0.2) is 4.99 Å². The Kier molecular flexibility index (Phi) is 6.84. The van der Waals surface area contributed by atoms with Crippen LogP contribution >= 0.6 is 11.8 Å². The second-order valence-corrected chi connectivity index (χ2v) is 7.56. The molecule has 2 aromatic rings. The first-order valence-corrected chi connectivity index (χ1v) is 9.92. The van der Waals surface area contributed by atoms with Gasteiger partial charge in [-0.3, -0.25) is 14.5 Å². The largest absolute Gasteiger partial charge is 0.383 e. The zero-order valence-electron chi connectivity index (χ0n) is 15.9. The number of methoxy groups -OCH3 is 1. The van der Waals surface area contributed by atoms with Gasteiger partial charge >= 0.3 is 0 Å². The number of nitrogens with zero attached hydrogens (tertiary/aromatic N) is 2. The Bertz CT molecular complexity index is 870. The monoisotopic (exact) mass is 397 g/mol. The van der Waals surface area contributed by atoms with E-state index in [4.69, 9.17) is 4.74 Å². The van der Waals surface area contributed by atoms with Crippen molar-refractivity contribution in [1.82, 2.24) is 4.90 Å². The Hall–Kier alpha value is -2.64. The van der Waals surface area contributed by atoms with Crippen LogP contribution in [0.4, 0.5) is 11.4 Å². The van der Waals surface area contributed by atoms with Gasteiger partial charge in [0, 0.05) is 19.2 Å². The first-order chi connectivity index (χ1) is 13.6. The number of aliphatic imine (C=N–C) groups is 1. The Morgan fingerprint density at radius 2 is 1.89 bits per heavy atom. The molecule has 7 heteroatoms. The number of amidine groups is 1. The van der Waals surface area contributed by atoms with Crippen molar-refractivity contribution >= 4 is 40.1 Å².